The van der Waals surface area contributed by atoms with Crippen molar-refractivity contribution in [1.29, 1.82) is 10.5 Å². The highest BCUT2D eigenvalue weighted by Crippen LogP contribution is 2.31. The molecule has 0 radical (unpaired) electrons. The van der Waals surface area contributed by atoms with Gasteiger partial charge >= 0.3 is 0 Å². The zero-order valence-corrected chi connectivity index (χ0v) is 12.5. The van der Waals surface area contributed by atoms with E-state index in [1.807, 2.05) is 12.1 Å². The van der Waals surface area contributed by atoms with Gasteiger partial charge in [0.15, 0.2) is 6.79 Å². The summed E-state index contributed by atoms with van der Waals surface area (Å²) < 4.78 is 10.3. The third-order valence-corrected chi connectivity index (χ3v) is 3.26. The number of H-pyrrole nitrogens is 1. The number of aromatic nitrogens is 1. The van der Waals surface area contributed by atoms with Crippen LogP contribution in [0.15, 0.2) is 24.3 Å². The molecule has 1 heterocycles. The lowest BCUT2D eigenvalue weighted by atomic mass is 9.97. The Bertz CT molecular complexity index is 829. The number of nitrogen functional groups attached to an aromatic ring is 1. The number of benzene rings is 1. The molecule has 1 aromatic carbocycles. The molecular weight excluding hydrogens is 300 g/mol. The summed E-state index contributed by atoms with van der Waals surface area (Å²) in [5.74, 6) is 0.748. The molecule has 6 nitrogen and oxygen atoms in total. The summed E-state index contributed by atoms with van der Waals surface area (Å²) in [6, 6.07) is 10.9. The van der Waals surface area contributed by atoms with Crippen molar-refractivity contribution in [3.8, 4) is 29.0 Å². The van der Waals surface area contributed by atoms with Gasteiger partial charge in [-0.1, -0.05) is 24.4 Å². The van der Waals surface area contributed by atoms with E-state index in [0.717, 1.165) is 0 Å². The van der Waals surface area contributed by atoms with Crippen LogP contribution >= 0.6 is 12.2 Å². The maximum absolute atomic E-state index is 9.31. The van der Waals surface area contributed by atoms with Crippen molar-refractivity contribution in [3.05, 3.63) is 40.0 Å². The van der Waals surface area contributed by atoms with Crippen LogP contribution in [0.1, 0.15) is 11.1 Å². The molecule has 0 amide bonds. The van der Waals surface area contributed by atoms with Crippen LogP contribution in [-0.4, -0.2) is 18.9 Å². The normalized spacial score (nSPS) is 9.77. The van der Waals surface area contributed by atoms with E-state index in [0.29, 0.717) is 16.9 Å². The number of aromatic amines is 1. The highest BCUT2D eigenvalue weighted by atomic mass is 32.1. The number of pyridine rings is 1. The van der Waals surface area contributed by atoms with Crippen LogP contribution in [-0.2, 0) is 4.74 Å². The van der Waals surface area contributed by atoms with Gasteiger partial charge in [0.25, 0.3) is 0 Å². The molecule has 0 aliphatic heterocycles. The number of nitrogens with zero attached hydrogens (tertiary/aromatic N) is 2. The third kappa shape index (κ3) is 2.91. The van der Waals surface area contributed by atoms with Crippen LogP contribution < -0.4 is 10.5 Å². The fraction of sp³-hybridized carbons (Fsp3) is 0.133. The molecule has 110 valence electrons. The smallest absolute Gasteiger partial charge is 0.188 e. The molecule has 0 saturated heterocycles. The lowest BCUT2D eigenvalue weighted by Crippen LogP contribution is -2.02. The van der Waals surface area contributed by atoms with Crippen molar-refractivity contribution in [3.63, 3.8) is 0 Å². The van der Waals surface area contributed by atoms with E-state index in [9.17, 15) is 10.5 Å². The third-order valence-electron chi connectivity index (χ3n) is 2.95. The minimum absolute atomic E-state index is 0.135. The van der Waals surface area contributed by atoms with Crippen LogP contribution in [0.3, 0.4) is 0 Å². The molecule has 0 saturated carbocycles. The molecule has 2 rings (SSSR count). The second-order valence-corrected chi connectivity index (χ2v) is 4.70. The minimum atomic E-state index is 0.135. The van der Waals surface area contributed by atoms with Gasteiger partial charge in [0.2, 0.25) is 0 Å². The minimum Gasteiger partial charge on any atom is -0.468 e. The van der Waals surface area contributed by atoms with Gasteiger partial charge in [0, 0.05) is 12.7 Å². The predicted molar refractivity (Wildman–Crippen MR) is 83.4 cm³/mol. The molecule has 0 aliphatic rings. The highest BCUT2D eigenvalue weighted by Gasteiger charge is 2.16. The molecule has 0 atom stereocenters. The number of nitriles is 2. The quantitative estimate of drug-likeness (QED) is 0.664. The summed E-state index contributed by atoms with van der Waals surface area (Å²) in [7, 11) is 1.53. The molecule has 0 fully saturated rings. The van der Waals surface area contributed by atoms with Gasteiger partial charge in [-0.05, 0) is 17.7 Å². The average molecular weight is 312 g/mol. The Morgan fingerprint density at radius 3 is 2.36 bits per heavy atom. The van der Waals surface area contributed by atoms with Gasteiger partial charge < -0.3 is 20.2 Å². The fourth-order valence-corrected chi connectivity index (χ4v) is 2.23. The van der Waals surface area contributed by atoms with Gasteiger partial charge in [-0.3, -0.25) is 0 Å². The van der Waals surface area contributed by atoms with Crippen LogP contribution in [0.4, 0.5) is 5.82 Å². The van der Waals surface area contributed by atoms with E-state index in [4.69, 9.17) is 27.4 Å². The van der Waals surface area contributed by atoms with Gasteiger partial charge in [-0.15, -0.1) is 0 Å². The van der Waals surface area contributed by atoms with Gasteiger partial charge in [0.05, 0.1) is 5.56 Å². The number of hydrogen-bond acceptors (Lipinski definition) is 6. The molecule has 22 heavy (non-hydrogen) atoms. The number of anilines is 1. The number of methoxy groups -OCH3 is 1. The highest BCUT2D eigenvalue weighted by molar-refractivity contribution is 7.71. The van der Waals surface area contributed by atoms with Crippen LogP contribution in [0.2, 0.25) is 0 Å². The van der Waals surface area contributed by atoms with Gasteiger partial charge in [0.1, 0.15) is 33.9 Å². The molecular formula is C15H12N4O2S. The first-order valence-electron chi connectivity index (χ1n) is 6.20. The van der Waals surface area contributed by atoms with Crippen molar-refractivity contribution >= 4 is 18.0 Å². The first-order valence-corrected chi connectivity index (χ1v) is 6.61. The number of ether oxygens (including phenoxy) is 2. The summed E-state index contributed by atoms with van der Waals surface area (Å²) in [4.78, 5) is 2.67. The Labute approximate surface area is 132 Å². The maximum atomic E-state index is 9.31. The largest absolute Gasteiger partial charge is 0.468 e. The molecule has 3 N–H and O–H groups in total. The summed E-state index contributed by atoms with van der Waals surface area (Å²) in [6.45, 7) is 0.135. The Morgan fingerprint density at radius 1 is 1.18 bits per heavy atom. The number of nitrogens with one attached hydrogen (secondary N) is 1. The monoisotopic (exact) mass is 312 g/mol. The van der Waals surface area contributed by atoms with E-state index < -0.39 is 0 Å². The number of rotatable bonds is 4. The summed E-state index contributed by atoms with van der Waals surface area (Å²) in [6.07, 6.45) is 0. The van der Waals surface area contributed by atoms with Gasteiger partial charge in [-0.2, -0.15) is 10.5 Å². The molecule has 2 aromatic rings. The SMILES string of the molecule is COCOc1ccc(-c2c(C#N)c(N)[nH]c(=S)c2C#N)cc1. The lowest BCUT2D eigenvalue weighted by Gasteiger charge is -2.10. The van der Waals surface area contributed by atoms with Crippen LogP contribution in [0.25, 0.3) is 11.1 Å². The second-order valence-electron chi connectivity index (χ2n) is 4.29. The lowest BCUT2D eigenvalue weighted by molar-refractivity contribution is 0.0511. The maximum Gasteiger partial charge on any atom is 0.188 e. The van der Waals surface area contributed by atoms with E-state index in [2.05, 4.69) is 4.98 Å². The Balaban J connectivity index is 2.60. The average Bonchev–Trinajstić information content (AvgIpc) is 2.53. The predicted octanol–water partition coefficient (Wildman–Crippen LogP) is 2.72. The van der Waals surface area contributed by atoms with Gasteiger partial charge in [-0.25, -0.2) is 0 Å². The first kappa shape index (κ1) is 15.5. The zero-order chi connectivity index (χ0) is 16.1. The van der Waals surface area contributed by atoms with Crippen molar-refractivity contribution in [2.75, 3.05) is 19.6 Å². The Morgan fingerprint density at radius 2 is 1.82 bits per heavy atom. The first-order chi connectivity index (χ1) is 10.6. The van der Waals surface area contributed by atoms with Crippen molar-refractivity contribution in [2.45, 2.75) is 0 Å². The van der Waals surface area contributed by atoms with Crippen molar-refractivity contribution < 1.29 is 9.47 Å². The van der Waals surface area contributed by atoms with Crippen LogP contribution in [0.5, 0.6) is 5.75 Å². The Kier molecular flexibility index (Phi) is 4.74. The van der Waals surface area contributed by atoms with Crippen LogP contribution in [0, 0.1) is 27.3 Å². The van der Waals surface area contributed by atoms with Crippen molar-refractivity contribution in [1.82, 2.24) is 4.98 Å². The molecule has 0 aliphatic carbocycles. The van der Waals surface area contributed by atoms with E-state index >= 15 is 0 Å². The molecule has 1 aromatic heterocycles. The zero-order valence-electron chi connectivity index (χ0n) is 11.7. The topological polar surface area (TPSA) is 108 Å². The van der Waals surface area contributed by atoms with Crippen molar-refractivity contribution in [2.24, 2.45) is 0 Å². The summed E-state index contributed by atoms with van der Waals surface area (Å²) in [5, 5.41) is 18.6. The molecule has 0 spiro atoms. The Hall–Kier alpha value is -2.87. The van der Waals surface area contributed by atoms with E-state index in [1.54, 1.807) is 24.3 Å². The summed E-state index contributed by atoms with van der Waals surface area (Å²) in [5.41, 5.74) is 7.28. The summed E-state index contributed by atoms with van der Waals surface area (Å²) >= 11 is 5.11. The molecule has 0 bridgehead atoms. The standard InChI is InChI=1S/C15H12N4O2S/c1-20-8-21-10-4-2-9(3-5-10)13-11(6-16)14(18)19-15(22)12(13)7-17/h2-5H,8H2,1H3,(H3,18,19,22). The van der Waals surface area contributed by atoms with E-state index in [1.165, 1.54) is 7.11 Å². The fourth-order valence-electron chi connectivity index (χ4n) is 1.98. The number of hydrogen-bond donors (Lipinski definition) is 2. The second kappa shape index (κ2) is 6.72. The molecule has 0 unspecified atom stereocenters. The number of nitrogens with two attached hydrogens (primary N) is 1. The molecule has 7 heteroatoms. The van der Waals surface area contributed by atoms with E-state index in [-0.39, 0.29) is 28.4 Å².